The number of halogens is 1. The average Bonchev–Trinajstić information content (AvgIpc) is 3.28. The summed E-state index contributed by atoms with van der Waals surface area (Å²) in [5.41, 5.74) is 0.556. The van der Waals surface area contributed by atoms with Crippen LogP contribution in [-0.2, 0) is 10.0 Å². The van der Waals surface area contributed by atoms with Crippen molar-refractivity contribution in [3.8, 4) is 17.2 Å². The summed E-state index contributed by atoms with van der Waals surface area (Å²) in [7, 11) is -3.53. The fraction of sp³-hybridized carbons (Fsp3) is 0.333. The molecule has 10 heteroatoms. The van der Waals surface area contributed by atoms with E-state index in [0.717, 1.165) is 19.3 Å². The van der Waals surface area contributed by atoms with Crippen molar-refractivity contribution in [2.45, 2.75) is 29.4 Å². The standard InChI is InChI=1S/C21H22FN3O4S2/c22-17-7-9-18(10-8-17)28-13-14-30-21-24-23-20(29-21)16-5-4-6-19(15-16)31(26,27)25-11-2-1-3-12-25/h4-10,15H,1-3,11-14H2. The molecule has 31 heavy (non-hydrogen) atoms. The lowest BCUT2D eigenvalue weighted by molar-refractivity contribution is 0.342. The van der Waals surface area contributed by atoms with Crippen LogP contribution < -0.4 is 4.74 Å². The molecule has 1 fully saturated rings. The second kappa shape index (κ2) is 9.80. The second-order valence-corrected chi connectivity index (χ2v) is 10.0. The monoisotopic (exact) mass is 463 g/mol. The molecule has 4 rings (SSSR count). The van der Waals surface area contributed by atoms with Crippen LogP contribution in [0.5, 0.6) is 5.75 Å². The average molecular weight is 464 g/mol. The van der Waals surface area contributed by atoms with Crippen LogP contribution in [-0.4, -0.2) is 48.4 Å². The Morgan fingerprint density at radius 2 is 1.84 bits per heavy atom. The Morgan fingerprint density at radius 3 is 2.61 bits per heavy atom. The molecule has 1 aliphatic heterocycles. The van der Waals surface area contributed by atoms with Gasteiger partial charge in [0.2, 0.25) is 15.9 Å². The first kappa shape index (κ1) is 21.8. The van der Waals surface area contributed by atoms with Gasteiger partial charge in [-0.15, -0.1) is 10.2 Å². The number of thioether (sulfide) groups is 1. The number of aromatic nitrogens is 2. The number of benzene rings is 2. The van der Waals surface area contributed by atoms with E-state index in [1.54, 1.807) is 36.4 Å². The van der Waals surface area contributed by atoms with Gasteiger partial charge >= 0.3 is 0 Å². The first-order valence-corrected chi connectivity index (χ1v) is 12.4. The Bertz CT molecular complexity index is 1110. The lowest BCUT2D eigenvalue weighted by Crippen LogP contribution is -2.35. The third-order valence-corrected chi connectivity index (χ3v) is 7.51. The highest BCUT2D eigenvalue weighted by molar-refractivity contribution is 7.99. The highest BCUT2D eigenvalue weighted by Crippen LogP contribution is 2.27. The molecule has 0 atom stereocenters. The summed E-state index contributed by atoms with van der Waals surface area (Å²) in [5.74, 6) is 1.09. The molecule has 1 saturated heterocycles. The lowest BCUT2D eigenvalue weighted by atomic mass is 10.2. The quantitative estimate of drug-likeness (QED) is 0.365. The minimum absolute atomic E-state index is 0.229. The molecular weight excluding hydrogens is 441 g/mol. The van der Waals surface area contributed by atoms with Gasteiger partial charge in [0.25, 0.3) is 5.22 Å². The van der Waals surface area contributed by atoms with Gasteiger partial charge in [-0.25, -0.2) is 12.8 Å². The summed E-state index contributed by atoms with van der Waals surface area (Å²) >= 11 is 1.32. The summed E-state index contributed by atoms with van der Waals surface area (Å²) in [5, 5.41) is 8.41. The van der Waals surface area contributed by atoms with E-state index in [2.05, 4.69) is 10.2 Å². The molecule has 0 spiro atoms. The molecule has 0 amide bonds. The van der Waals surface area contributed by atoms with Crippen molar-refractivity contribution in [1.82, 2.24) is 14.5 Å². The van der Waals surface area contributed by atoms with E-state index in [9.17, 15) is 12.8 Å². The van der Waals surface area contributed by atoms with Gasteiger partial charge in [-0.1, -0.05) is 24.2 Å². The van der Waals surface area contributed by atoms with Crippen molar-refractivity contribution in [2.75, 3.05) is 25.4 Å². The third-order valence-electron chi connectivity index (χ3n) is 4.83. The largest absolute Gasteiger partial charge is 0.493 e. The van der Waals surface area contributed by atoms with E-state index in [1.807, 2.05) is 0 Å². The SMILES string of the molecule is O=S(=O)(c1cccc(-c2nnc(SCCOc3ccc(F)cc3)o2)c1)N1CCCCC1. The van der Waals surface area contributed by atoms with Crippen molar-refractivity contribution in [3.05, 3.63) is 54.3 Å². The van der Waals surface area contributed by atoms with E-state index in [4.69, 9.17) is 9.15 Å². The van der Waals surface area contributed by atoms with Crippen molar-refractivity contribution in [2.24, 2.45) is 0 Å². The maximum Gasteiger partial charge on any atom is 0.276 e. The number of sulfonamides is 1. The number of hydrogen-bond acceptors (Lipinski definition) is 7. The van der Waals surface area contributed by atoms with Crippen molar-refractivity contribution in [1.29, 1.82) is 0 Å². The number of rotatable bonds is 8. The van der Waals surface area contributed by atoms with Crippen LogP contribution in [0.1, 0.15) is 19.3 Å². The van der Waals surface area contributed by atoms with E-state index in [0.29, 0.717) is 42.0 Å². The van der Waals surface area contributed by atoms with Crippen molar-refractivity contribution >= 4 is 21.8 Å². The minimum atomic E-state index is -3.53. The summed E-state index contributed by atoms with van der Waals surface area (Å²) in [6.07, 6.45) is 2.82. The number of nitrogens with zero attached hydrogens (tertiary/aromatic N) is 3. The maximum absolute atomic E-state index is 12.9. The lowest BCUT2D eigenvalue weighted by Gasteiger charge is -2.25. The summed E-state index contributed by atoms with van der Waals surface area (Å²) in [6.45, 7) is 1.49. The van der Waals surface area contributed by atoms with Gasteiger partial charge in [-0.2, -0.15) is 4.31 Å². The Hall–Kier alpha value is -2.43. The number of hydrogen-bond donors (Lipinski definition) is 0. The van der Waals surface area contributed by atoms with E-state index < -0.39 is 10.0 Å². The second-order valence-electron chi connectivity index (χ2n) is 7.02. The molecule has 0 unspecified atom stereocenters. The molecule has 0 aliphatic carbocycles. The number of piperidine rings is 1. The normalized spacial score (nSPS) is 15.1. The highest BCUT2D eigenvalue weighted by atomic mass is 32.2. The molecule has 2 aromatic carbocycles. The van der Waals surface area contributed by atoms with Gasteiger partial charge in [0.05, 0.1) is 11.5 Å². The van der Waals surface area contributed by atoms with Crippen LogP contribution in [0.3, 0.4) is 0 Å². The molecule has 3 aromatic rings. The van der Waals surface area contributed by atoms with Crippen LogP contribution in [0.2, 0.25) is 0 Å². The van der Waals surface area contributed by atoms with E-state index in [1.165, 1.54) is 28.2 Å². The molecule has 1 aromatic heterocycles. The first-order valence-electron chi connectivity index (χ1n) is 9.98. The predicted octanol–water partition coefficient (Wildman–Crippen LogP) is 4.22. The third kappa shape index (κ3) is 5.44. The molecule has 0 saturated carbocycles. The van der Waals surface area contributed by atoms with Crippen molar-refractivity contribution < 1.29 is 22.0 Å². The predicted molar refractivity (Wildman–Crippen MR) is 115 cm³/mol. The zero-order valence-electron chi connectivity index (χ0n) is 16.7. The van der Waals surface area contributed by atoms with Crippen LogP contribution in [0, 0.1) is 5.82 Å². The van der Waals surface area contributed by atoms with Crippen LogP contribution in [0.15, 0.2) is 63.1 Å². The Balaban J connectivity index is 1.37. The fourth-order valence-electron chi connectivity index (χ4n) is 3.25. The molecule has 0 N–H and O–H groups in total. The van der Waals surface area contributed by atoms with Gasteiger partial charge < -0.3 is 9.15 Å². The fourth-order valence-corrected chi connectivity index (χ4v) is 5.39. The van der Waals surface area contributed by atoms with E-state index >= 15 is 0 Å². The Morgan fingerprint density at radius 1 is 1.06 bits per heavy atom. The van der Waals surface area contributed by atoms with Crippen LogP contribution in [0.25, 0.3) is 11.5 Å². The van der Waals surface area contributed by atoms with Gasteiger partial charge in [-0.05, 0) is 55.3 Å². The van der Waals surface area contributed by atoms with Gasteiger partial charge in [0.15, 0.2) is 0 Å². The Labute approximate surface area is 184 Å². The van der Waals surface area contributed by atoms with Gasteiger partial charge in [-0.3, -0.25) is 0 Å². The maximum atomic E-state index is 12.9. The smallest absolute Gasteiger partial charge is 0.276 e. The number of ether oxygens (including phenoxy) is 1. The van der Waals surface area contributed by atoms with Crippen LogP contribution >= 0.6 is 11.8 Å². The Kier molecular flexibility index (Phi) is 6.89. The molecule has 0 bridgehead atoms. The topological polar surface area (TPSA) is 85.5 Å². The molecule has 7 nitrogen and oxygen atoms in total. The molecule has 164 valence electrons. The molecule has 0 radical (unpaired) electrons. The first-order chi connectivity index (χ1) is 15.0. The summed E-state index contributed by atoms with van der Waals surface area (Å²) < 4.78 is 51.5. The molecule has 2 heterocycles. The van der Waals surface area contributed by atoms with E-state index in [-0.39, 0.29) is 16.6 Å². The van der Waals surface area contributed by atoms with Gasteiger partial charge in [0, 0.05) is 24.4 Å². The zero-order chi connectivity index (χ0) is 21.7. The summed E-state index contributed by atoms with van der Waals surface area (Å²) in [4.78, 5) is 0.229. The molecule has 1 aliphatic rings. The van der Waals surface area contributed by atoms with Gasteiger partial charge in [0.1, 0.15) is 11.6 Å². The zero-order valence-corrected chi connectivity index (χ0v) is 18.4. The minimum Gasteiger partial charge on any atom is -0.493 e. The summed E-state index contributed by atoms with van der Waals surface area (Å²) in [6, 6.07) is 12.4. The van der Waals surface area contributed by atoms with Crippen molar-refractivity contribution in [3.63, 3.8) is 0 Å². The van der Waals surface area contributed by atoms with Crippen LogP contribution in [0.4, 0.5) is 4.39 Å². The highest BCUT2D eigenvalue weighted by Gasteiger charge is 2.26. The molecular formula is C21H22FN3O4S2.